The first-order valence-corrected chi connectivity index (χ1v) is 10.4. The second-order valence-electron chi connectivity index (χ2n) is 6.84. The van der Waals surface area contributed by atoms with E-state index in [2.05, 4.69) is 10.5 Å². The van der Waals surface area contributed by atoms with E-state index in [-0.39, 0.29) is 10.6 Å². The molecule has 2 heterocycles. The van der Waals surface area contributed by atoms with Crippen molar-refractivity contribution in [3.8, 4) is 0 Å². The highest BCUT2D eigenvalue weighted by molar-refractivity contribution is 7.89. The third kappa shape index (κ3) is 3.52. The Morgan fingerprint density at radius 1 is 1.15 bits per heavy atom. The second-order valence-corrected chi connectivity index (χ2v) is 8.77. The molecule has 1 aliphatic heterocycles. The molecule has 7 nitrogen and oxygen atoms in total. The number of carbonyl (C=O) groups is 1. The standard InChI is InChI=1S/C18H21N3O4S/c22-18(16-12-17(25-20-16)13-7-8-13)19-14-5-4-6-15(11-14)26(23,24)21-9-2-1-3-10-21/h4-6,11-13H,1-3,7-10H2,(H,19,22). The maximum atomic E-state index is 12.8. The molecule has 1 saturated heterocycles. The van der Waals surface area contributed by atoms with Gasteiger partial charge >= 0.3 is 0 Å². The van der Waals surface area contributed by atoms with Crippen LogP contribution in [0.25, 0.3) is 0 Å². The minimum absolute atomic E-state index is 0.191. The number of rotatable bonds is 5. The Balaban J connectivity index is 1.50. The van der Waals surface area contributed by atoms with Crippen LogP contribution in [0.2, 0.25) is 0 Å². The molecule has 8 heteroatoms. The molecule has 1 aromatic carbocycles. The summed E-state index contributed by atoms with van der Waals surface area (Å²) in [5, 5.41) is 6.51. The van der Waals surface area contributed by atoms with Crippen LogP contribution >= 0.6 is 0 Å². The van der Waals surface area contributed by atoms with Crippen molar-refractivity contribution in [1.82, 2.24) is 9.46 Å². The summed E-state index contributed by atoms with van der Waals surface area (Å²) in [6.07, 6.45) is 4.94. The van der Waals surface area contributed by atoms with Gasteiger partial charge in [0.2, 0.25) is 10.0 Å². The van der Waals surface area contributed by atoms with Crippen LogP contribution in [0.15, 0.2) is 39.8 Å². The molecule has 0 unspecified atom stereocenters. The molecule has 4 rings (SSSR count). The summed E-state index contributed by atoms with van der Waals surface area (Å²) in [5.74, 6) is 0.701. The predicted molar refractivity (Wildman–Crippen MR) is 95.5 cm³/mol. The number of benzene rings is 1. The van der Waals surface area contributed by atoms with E-state index in [0.29, 0.717) is 24.7 Å². The van der Waals surface area contributed by atoms with Crippen molar-refractivity contribution in [2.24, 2.45) is 0 Å². The van der Waals surface area contributed by atoms with E-state index in [1.165, 1.54) is 10.4 Å². The molecule has 1 aliphatic carbocycles. The van der Waals surface area contributed by atoms with Gasteiger partial charge in [0.25, 0.3) is 5.91 Å². The second kappa shape index (κ2) is 6.85. The van der Waals surface area contributed by atoms with Crippen LogP contribution in [-0.4, -0.2) is 36.9 Å². The fraction of sp³-hybridized carbons (Fsp3) is 0.444. The average molecular weight is 375 g/mol. The number of aromatic nitrogens is 1. The number of hydrogen-bond acceptors (Lipinski definition) is 5. The quantitative estimate of drug-likeness (QED) is 0.867. The fourth-order valence-electron chi connectivity index (χ4n) is 3.14. The van der Waals surface area contributed by atoms with Crippen LogP contribution < -0.4 is 5.32 Å². The van der Waals surface area contributed by atoms with Crippen LogP contribution in [0.4, 0.5) is 5.69 Å². The highest BCUT2D eigenvalue weighted by Crippen LogP contribution is 2.40. The highest BCUT2D eigenvalue weighted by atomic mass is 32.2. The van der Waals surface area contributed by atoms with Crippen LogP contribution in [0.1, 0.15) is 54.3 Å². The largest absolute Gasteiger partial charge is 0.360 e. The Hall–Kier alpha value is -2.19. The molecule has 2 aromatic rings. The fourth-order valence-corrected chi connectivity index (χ4v) is 4.70. The minimum Gasteiger partial charge on any atom is -0.360 e. The molecule has 0 radical (unpaired) electrons. The lowest BCUT2D eigenvalue weighted by atomic mass is 10.2. The van der Waals surface area contributed by atoms with E-state index < -0.39 is 15.9 Å². The lowest BCUT2D eigenvalue weighted by molar-refractivity contribution is 0.101. The van der Waals surface area contributed by atoms with E-state index in [9.17, 15) is 13.2 Å². The summed E-state index contributed by atoms with van der Waals surface area (Å²) in [7, 11) is -3.54. The molecule has 2 fully saturated rings. The van der Waals surface area contributed by atoms with Crippen molar-refractivity contribution >= 4 is 21.6 Å². The predicted octanol–water partition coefficient (Wildman–Crippen LogP) is 2.98. The Bertz CT molecular complexity index is 912. The lowest BCUT2D eigenvalue weighted by Gasteiger charge is -2.26. The van der Waals surface area contributed by atoms with E-state index >= 15 is 0 Å². The summed E-state index contributed by atoms with van der Waals surface area (Å²) >= 11 is 0. The number of anilines is 1. The maximum Gasteiger partial charge on any atom is 0.277 e. The molecule has 1 amide bonds. The normalized spacial score (nSPS) is 18.6. The van der Waals surface area contributed by atoms with Crippen molar-refractivity contribution in [2.75, 3.05) is 18.4 Å². The third-order valence-corrected chi connectivity index (χ3v) is 6.68. The zero-order valence-corrected chi connectivity index (χ0v) is 15.2. The number of carbonyl (C=O) groups excluding carboxylic acids is 1. The van der Waals surface area contributed by atoms with Crippen LogP contribution in [-0.2, 0) is 10.0 Å². The van der Waals surface area contributed by atoms with E-state index in [4.69, 9.17) is 4.52 Å². The molecule has 138 valence electrons. The Kier molecular flexibility index (Phi) is 4.54. The van der Waals surface area contributed by atoms with Gasteiger partial charge in [0, 0.05) is 30.8 Å². The molecule has 0 bridgehead atoms. The molecule has 0 atom stereocenters. The van der Waals surface area contributed by atoms with Crippen molar-refractivity contribution in [1.29, 1.82) is 0 Å². The summed E-state index contributed by atoms with van der Waals surface area (Å²) in [5.41, 5.74) is 0.625. The molecule has 1 aromatic heterocycles. The molecule has 26 heavy (non-hydrogen) atoms. The number of hydrogen-bond donors (Lipinski definition) is 1. The van der Waals surface area contributed by atoms with Gasteiger partial charge in [-0.05, 0) is 43.9 Å². The first kappa shape index (κ1) is 17.2. The van der Waals surface area contributed by atoms with Crippen LogP contribution in [0, 0.1) is 0 Å². The van der Waals surface area contributed by atoms with Gasteiger partial charge in [0.15, 0.2) is 5.69 Å². The topological polar surface area (TPSA) is 92.5 Å². The van der Waals surface area contributed by atoms with E-state index in [0.717, 1.165) is 37.9 Å². The number of nitrogens with zero attached hydrogens (tertiary/aromatic N) is 2. The number of piperidine rings is 1. The van der Waals surface area contributed by atoms with Gasteiger partial charge < -0.3 is 9.84 Å². The van der Waals surface area contributed by atoms with Gasteiger partial charge in [-0.15, -0.1) is 0 Å². The number of amides is 1. The highest BCUT2D eigenvalue weighted by Gasteiger charge is 2.29. The first-order chi connectivity index (χ1) is 12.5. The minimum atomic E-state index is -3.54. The molecule has 1 saturated carbocycles. The molecule has 1 N–H and O–H groups in total. The van der Waals surface area contributed by atoms with Gasteiger partial charge in [-0.3, -0.25) is 4.79 Å². The molecule has 2 aliphatic rings. The van der Waals surface area contributed by atoms with Crippen molar-refractivity contribution in [3.05, 3.63) is 41.8 Å². The Morgan fingerprint density at radius 2 is 1.92 bits per heavy atom. The average Bonchev–Trinajstić information content (AvgIpc) is 3.39. The van der Waals surface area contributed by atoms with Gasteiger partial charge in [-0.2, -0.15) is 4.31 Å². The number of nitrogens with one attached hydrogen (secondary N) is 1. The Labute approximate surface area is 152 Å². The van der Waals surface area contributed by atoms with Crippen LogP contribution in [0.5, 0.6) is 0 Å². The van der Waals surface area contributed by atoms with Crippen molar-refractivity contribution in [2.45, 2.75) is 42.9 Å². The summed E-state index contributed by atoms with van der Waals surface area (Å²) in [6, 6.07) is 7.99. The van der Waals surface area contributed by atoms with Crippen molar-refractivity contribution in [3.63, 3.8) is 0 Å². The summed E-state index contributed by atoms with van der Waals surface area (Å²) < 4.78 is 32.2. The molecular weight excluding hydrogens is 354 g/mol. The third-order valence-electron chi connectivity index (χ3n) is 4.79. The molecule has 0 spiro atoms. The van der Waals surface area contributed by atoms with Gasteiger partial charge in [0.05, 0.1) is 4.90 Å². The Morgan fingerprint density at radius 3 is 2.65 bits per heavy atom. The van der Waals surface area contributed by atoms with Crippen LogP contribution in [0.3, 0.4) is 0 Å². The smallest absolute Gasteiger partial charge is 0.277 e. The number of sulfonamides is 1. The summed E-state index contributed by atoms with van der Waals surface area (Å²) in [6.45, 7) is 1.09. The van der Waals surface area contributed by atoms with Gasteiger partial charge in [-0.25, -0.2) is 8.42 Å². The zero-order chi connectivity index (χ0) is 18.1. The van der Waals surface area contributed by atoms with E-state index in [1.807, 2.05) is 0 Å². The van der Waals surface area contributed by atoms with Gasteiger partial charge in [-0.1, -0.05) is 17.6 Å². The lowest BCUT2D eigenvalue weighted by Crippen LogP contribution is -2.35. The first-order valence-electron chi connectivity index (χ1n) is 8.92. The molecular formula is C18H21N3O4S. The van der Waals surface area contributed by atoms with E-state index in [1.54, 1.807) is 24.3 Å². The zero-order valence-electron chi connectivity index (χ0n) is 14.3. The summed E-state index contributed by atoms with van der Waals surface area (Å²) in [4.78, 5) is 12.5. The maximum absolute atomic E-state index is 12.8. The van der Waals surface area contributed by atoms with Crippen molar-refractivity contribution < 1.29 is 17.7 Å². The monoisotopic (exact) mass is 375 g/mol. The SMILES string of the molecule is O=C(Nc1cccc(S(=O)(=O)N2CCCCC2)c1)c1cc(C2CC2)on1. The van der Waals surface area contributed by atoms with Gasteiger partial charge in [0.1, 0.15) is 5.76 Å².